The van der Waals surface area contributed by atoms with Crippen LogP contribution in [-0.2, 0) is 0 Å². The third kappa shape index (κ3) is 3.06. The molecule has 3 aliphatic rings. The van der Waals surface area contributed by atoms with Crippen LogP contribution in [0.25, 0.3) is 5.70 Å². The Morgan fingerprint density at radius 1 is 1.04 bits per heavy atom. The highest BCUT2D eigenvalue weighted by Gasteiger charge is 2.42. The van der Waals surface area contributed by atoms with Crippen molar-refractivity contribution in [3.05, 3.63) is 71.1 Å². The first-order valence-corrected chi connectivity index (χ1v) is 10.4. The number of fused-ring (bicyclic) bond motifs is 3. The summed E-state index contributed by atoms with van der Waals surface area (Å²) in [5, 5.41) is 6.33. The third-order valence-electron chi connectivity index (χ3n) is 5.52. The van der Waals surface area contributed by atoms with Crippen molar-refractivity contribution >= 4 is 34.2 Å². The smallest absolute Gasteiger partial charge is 0.255 e. The van der Waals surface area contributed by atoms with Gasteiger partial charge < -0.3 is 10.2 Å². The highest BCUT2D eigenvalue weighted by Crippen LogP contribution is 2.44. The lowest BCUT2D eigenvalue weighted by molar-refractivity contribution is 0.102. The molecule has 4 nitrogen and oxygen atoms in total. The lowest BCUT2D eigenvalue weighted by Crippen LogP contribution is -2.38. The maximum absolute atomic E-state index is 12.3. The Hall–Kier alpha value is -2.53. The Kier molecular flexibility index (Phi) is 4.24. The summed E-state index contributed by atoms with van der Waals surface area (Å²) in [6, 6.07) is 18.4. The van der Waals surface area contributed by atoms with Crippen molar-refractivity contribution in [3.63, 3.8) is 0 Å². The molecule has 2 heterocycles. The molecule has 5 heteroatoms. The van der Waals surface area contributed by atoms with Gasteiger partial charge in [0.2, 0.25) is 0 Å². The number of rotatable bonds is 3. The summed E-state index contributed by atoms with van der Waals surface area (Å²) in [5.41, 5.74) is 3.90. The molecule has 0 saturated heterocycles. The van der Waals surface area contributed by atoms with Crippen LogP contribution in [0.15, 0.2) is 65.0 Å². The Labute approximate surface area is 163 Å². The van der Waals surface area contributed by atoms with Crippen molar-refractivity contribution in [2.45, 2.75) is 37.8 Å². The number of nitrogens with zero attached hydrogens (tertiary/aromatic N) is 2. The number of nitrogens with one attached hydrogen (secondary N) is 1. The summed E-state index contributed by atoms with van der Waals surface area (Å²) in [6.07, 6.45) is 5.03. The molecule has 2 aliphatic heterocycles. The summed E-state index contributed by atoms with van der Waals surface area (Å²) in [4.78, 5) is 19.7. The van der Waals surface area contributed by atoms with Crippen LogP contribution in [0.2, 0.25) is 0 Å². The predicted octanol–water partition coefficient (Wildman–Crippen LogP) is 4.97. The molecule has 1 fully saturated rings. The van der Waals surface area contributed by atoms with Crippen molar-refractivity contribution in [1.29, 1.82) is 0 Å². The van der Waals surface area contributed by atoms with Crippen molar-refractivity contribution in [2.24, 2.45) is 4.99 Å². The van der Waals surface area contributed by atoms with Crippen molar-refractivity contribution in [1.82, 2.24) is 4.90 Å². The second kappa shape index (κ2) is 6.89. The predicted molar refractivity (Wildman–Crippen MR) is 112 cm³/mol. The summed E-state index contributed by atoms with van der Waals surface area (Å²) in [6.45, 7) is 0. The molecule has 0 unspecified atom stereocenters. The zero-order valence-corrected chi connectivity index (χ0v) is 15.8. The third-order valence-corrected chi connectivity index (χ3v) is 6.37. The van der Waals surface area contributed by atoms with Crippen LogP contribution < -0.4 is 5.32 Å². The molecule has 1 N–H and O–H groups in total. The molecule has 5 rings (SSSR count). The maximum Gasteiger partial charge on any atom is 0.255 e. The van der Waals surface area contributed by atoms with Crippen LogP contribution in [0, 0.1) is 0 Å². The zero-order valence-electron chi connectivity index (χ0n) is 15.0. The summed E-state index contributed by atoms with van der Waals surface area (Å²) in [5.74, 6) is -0.0852. The van der Waals surface area contributed by atoms with Gasteiger partial charge in [-0.3, -0.25) is 9.79 Å². The fraction of sp³-hybridized carbons (Fsp3) is 0.273. The largest absolute Gasteiger partial charge is 0.322 e. The molecule has 0 bridgehead atoms. The van der Waals surface area contributed by atoms with Gasteiger partial charge in [-0.2, -0.15) is 0 Å². The van der Waals surface area contributed by atoms with Crippen LogP contribution in [0.3, 0.4) is 0 Å². The normalized spacial score (nSPS) is 23.3. The van der Waals surface area contributed by atoms with Gasteiger partial charge in [0.25, 0.3) is 5.91 Å². The molecule has 2 atom stereocenters. The van der Waals surface area contributed by atoms with E-state index in [4.69, 9.17) is 4.99 Å². The number of carbonyl (C=O) groups excluding carboxylic acids is 1. The average molecular weight is 375 g/mol. The molecule has 0 spiro atoms. The van der Waals surface area contributed by atoms with E-state index in [0.29, 0.717) is 17.6 Å². The molecule has 136 valence electrons. The molecule has 2 aromatic rings. The van der Waals surface area contributed by atoms with Crippen molar-refractivity contribution in [3.8, 4) is 0 Å². The average Bonchev–Trinajstić information content (AvgIpc) is 3.29. The second-order valence-corrected chi connectivity index (χ2v) is 8.06. The first-order valence-electron chi connectivity index (χ1n) is 9.50. The van der Waals surface area contributed by atoms with E-state index in [9.17, 15) is 4.79 Å². The van der Waals surface area contributed by atoms with Crippen LogP contribution in [0.1, 0.15) is 41.6 Å². The van der Waals surface area contributed by atoms with Gasteiger partial charge in [-0.15, -0.1) is 0 Å². The number of benzene rings is 2. The maximum atomic E-state index is 12.3. The number of anilines is 1. The number of hydrogen-bond acceptors (Lipinski definition) is 4. The SMILES string of the molecule is O=C(Nc1ccc(C2=CSC3=N[C@H]4CCCC[C@@H]4N23)cc1)c1ccccc1. The molecule has 1 saturated carbocycles. The first-order chi connectivity index (χ1) is 13.3. The fourth-order valence-corrected chi connectivity index (χ4v) is 5.16. The lowest BCUT2D eigenvalue weighted by atomic mass is 9.90. The first kappa shape index (κ1) is 16.6. The van der Waals surface area contributed by atoms with E-state index in [1.54, 1.807) is 11.8 Å². The summed E-state index contributed by atoms with van der Waals surface area (Å²) in [7, 11) is 0. The number of thioether (sulfide) groups is 1. The van der Waals surface area contributed by atoms with E-state index in [0.717, 1.165) is 10.9 Å². The van der Waals surface area contributed by atoms with Gasteiger partial charge in [0.15, 0.2) is 5.17 Å². The molecule has 0 radical (unpaired) electrons. The Balaban J connectivity index is 1.32. The molecule has 1 aliphatic carbocycles. The summed E-state index contributed by atoms with van der Waals surface area (Å²) < 4.78 is 0. The van der Waals surface area contributed by atoms with Gasteiger partial charge in [0.1, 0.15) is 0 Å². The van der Waals surface area contributed by atoms with Crippen LogP contribution in [0.4, 0.5) is 5.69 Å². The molecular formula is C22H21N3OS. The quantitative estimate of drug-likeness (QED) is 0.824. The number of aliphatic imine (C=N–C) groups is 1. The van der Waals surface area contributed by atoms with Gasteiger partial charge >= 0.3 is 0 Å². The van der Waals surface area contributed by atoms with E-state index >= 15 is 0 Å². The van der Waals surface area contributed by atoms with E-state index in [1.165, 1.54) is 36.9 Å². The van der Waals surface area contributed by atoms with E-state index in [1.807, 2.05) is 42.5 Å². The highest BCUT2D eigenvalue weighted by atomic mass is 32.2. The number of amidine groups is 1. The number of hydrogen-bond donors (Lipinski definition) is 1. The van der Waals surface area contributed by atoms with Gasteiger partial charge in [0, 0.05) is 16.7 Å². The van der Waals surface area contributed by atoms with Gasteiger partial charge in [-0.05, 0) is 42.7 Å². The number of carbonyl (C=O) groups is 1. The van der Waals surface area contributed by atoms with E-state index in [2.05, 4.69) is 27.8 Å². The van der Waals surface area contributed by atoms with Crippen molar-refractivity contribution in [2.75, 3.05) is 5.32 Å². The molecule has 1 amide bonds. The van der Waals surface area contributed by atoms with E-state index in [-0.39, 0.29) is 5.91 Å². The molecule has 2 aromatic carbocycles. The fourth-order valence-electron chi connectivity index (χ4n) is 4.15. The monoisotopic (exact) mass is 375 g/mol. The summed E-state index contributed by atoms with van der Waals surface area (Å²) >= 11 is 1.74. The minimum Gasteiger partial charge on any atom is -0.322 e. The van der Waals surface area contributed by atoms with E-state index < -0.39 is 0 Å². The minimum absolute atomic E-state index is 0.0852. The Morgan fingerprint density at radius 3 is 2.63 bits per heavy atom. The van der Waals surface area contributed by atoms with Crippen molar-refractivity contribution < 1.29 is 4.79 Å². The molecule has 27 heavy (non-hydrogen) atoms. The number of amides is 1. The van der Waals surface area contributed by atoms with Gasteiger partial charge in [-0.1, -0.05) is 54.9 Å². The van der Waals surface area contributed by atoms with Crippen LogP contribution in [0.5, 0.6) is 0 Å². The van der Waals surface area contributed by atoms with Crippen LogP contribution >= 0.6 is 11.8 Å². The lowest BCUT2D eigenvalue weighted by Gasteiger charge is -2.32. The topological polar surface area (TPSA) is 44.7 Å². The minimum atomic E-state index is -0.0852. The highest BCUT2D eigenvalue weighted by molar-refractivity contribution is 8.16. The van der Waals surface area contributed by atoms with Gasteiger partial charge in [-0.25, -0.2) is 0 Å². The Morgan fingerprint density at radius 2 is 1.81 bits per heavy atom. The zero-order chi connectivity index (χ0) is 18.2. The molecule has 0 aromatic heterocycles. The van der Waals surface area contributed by atoms with Gasteiger partial charge in [0.05, 0.1) is 17.8 Å². The second-order valence-electron chi connectivity index (χ2n) is 7.22. The standard InChI is InChI=1S/C22H21N3OS/c26-21(16-6-2-1-3-7-16)23-17-12-10-15(11-13-17)20-14-27-22-24-18-8-4-5-9-19(18)25(20)22/h1-3,6-7,10-14,18-19H,4-5,8-9H2,(H,23,26)/t18-,19-/m0/s1. The molecular weight excluding hydrogens is 354 g/mol. The van der Waals surface area contributed by atoms with Crippen LogP contribution in [-0.4, -0.2) is 28.1 Å². The Bertz CT molecular complexity index is 920.